The van der Waals surface area contributed by atoms with Crippen molar-refractivity contribution in [2.24, 2.45) is 0 Å². The number of carbonyl (C=O) groups is 1. The zero-order chi connectivity index (χ0) is 16.3. The topological polar surface area (TPSA) is 46.5 Å². The second-order valence-corrected chi connectivity index (χ2v) is 4.83. The van der Waals surface area contributed by atoms with Crippen LogP contribution in [0.5, 0.6) is 5.75 Å². The van der Waals surface area contributed by atoms with E-state index in [1.165, 1.54) is 36.4 Å². The lowest BCUT2D eigenvalue weighted by Crippen LogP contribution is -2.17. The molecule has 22 heavy (non-hydrogen) atoms. The summed E-state index contributed by atoms with van der Waals surface area (Å²) in [7, 11) is 0. The van der Waals surface area contributed by atoms with Crippen molar-refractivity contribution >= 4 is 17.6 Å². The van der Waals surface area contributed by atoms with Crippen molar-refractivity contribution in [3.8, 4) is 16.9 Å². The highest BCUT2D eigenvalue weighted by Crippen LogP contribution is 2.35. The summed E-state index contributed by atoms with van der Waals surface area (Å²) >= 11 is 5.90. The van der Waals surface area contributed by atoms with Gasteiger partial charge in [-0.2, -0.15) is 0 Å². The van der Waals surface area contributed by atoms with Gasteiger partial charge in [0.2, 0.25) is 0 Å². The van der Waals surface area contributed by atoms with E-state index in [1.807, 2.05) is 0 Å². The van der Waals surface area contributed by atoms with Crippen molar-refractivity contribution in [1.82, 2.24) is 0 Å². The normalized spacial score (nSPS) is 11.3. The third-order valence-corrected chi connectivity index (χ3v) is 3.18. The average molecular weight is 331 g/mol. The van der Waals surface area contributed by atoms with E-state index in [4.69, 9.17) is 16.7 Å². The molecule has 7 heteroatoms. The third-order valence-electron chi connectivity index (χ3n) is 2.81. The number of ether oxygens (including phenoxy) is 1. The van der Waals surface area contributed by atoms with Crippen LogP contribution in [-0.4, -0.2) is 17.4 Å². The number of hydrogen-bond donors (Lipinski definition) is 1. The van der Waals surface area contributed by atoms with Crippen LogP contribution in [0.3, 0.4) is 0 Å². The Labute approximate surface area is 128 Å². The highest BCUT2D eigenvalue weighted by Gasteiger charge is 2.32. The molecule has 0 aliphatic heterocycles. The SMILES string of the molecule is O=C(O)Cc1cc(-c2ccccc2OC(F)(F)F)ccc1Cl. The maximum atomic E-state index is 12.4. The minimum absolute atomic E-state index is 0.197. The lowest BCUT2D eigenvalue weighted by Gasteiger charge is -2.14. The number of rotatable bonds is 4. The van der Waals surface area contributed by atoms with Crippen molar-refractivity contribution in [3.63, 3.8) is 0 Å². The van der Waals surface area contributed by atoms with Gasteiger partial charge in [0.05, 0.1) is 6.42 Å². The maximum Gasteiger partial charge on any atom is 0.573 e. The largest absolute Gasteiger partial charge is 0.573 e. The van der Waals surface area contributed by atoms with Gasteiger partial charge < -0.3 is 9.84 Å². The molecule has 0 heterocycles. The molecule has 2 aromatic carbocycles. The molecule has 0 aliphatic carbocycles. The Morgan fingerprint density at radius 3 is 2.50 bits per heavy atom. The lowest BCUT2D eigenvalue weighted by molar-refractivity contribution is -0.274. The second-order valence-electron chi connectivity index (χ2n) is 4.42. The van der Waals surface area contributed by atoms with Crippen molar-refractivity contribution in [1.29, 1.82) is 0 Å². The van der Waals surface area contributed by atoms with E-state index in [2.05, 4.69) is 4.74 Å². The van der Waals surface area contributed by atoms with Gasteiger partial charge in [-0.25, -0.2) is 0 Å². The smallest absolute Gasteiger partial charge is 0.481 e. The van der Waals surface area contributed by atoms with Crippen molar-refractivity contribution < 1.29 is 27.8 Å². The van der Waals surface area contributed by atoms with E-state index >= 15 is 0 Å². The summed E-state index contributed by atoms with van der Waals surface area (Å²) in [5, 5.41) is 9.06. The van der Waals surface area contributed by atoms with Gasteiger partial charge in [0.1, 0.15) is 5.75 Å². The number of halogens is 4. The molecule has 0 radical (unpaired) electrons. The molecule has 0 bridgehead atoms. The van der Waals surface area contributed by atoms with E-state index in [-0.39, 0.29) is 22.8 Å². The average Bonchev–Trinajstić information content (AvgIpc) is 2.40. The van der Waals surface area contributed by atoms with E-state index in [9.17, 15) is 18.0 Å². The Balaban J connectivity index is 2.46. The number of benzene rings is 2. The predicted octanol–water partition coefficient (Wildman–Crippen LogP) is 4.53. The van der Waals surface area contributed by atoms with Crippen LogP contribution in [0.15, 0.2) is 42.5 Å². The predicted molar refractivity (Wildman–Crippen MR) is 74.9 cm³/mol. The summed E-state index contributed by atoms with van der Waals surface area (Å²) in [5.74, 6) is -1.45. The third kappa shape index (κ3) is 4.14. The number of hydrogen-bond acceptors (Lipinski definition) is 2. The minimum atomic E-state index is -4.81. The van der Waals surface area contributed by atoms with Gasteiger partial charge in [0, 0.05) is 10.6 Å². The molecule has 2 aromatic rings. The Morgan fingerprint density at radius 2 is 1.86 bits per heavy atom. The summed E-state index contributed by atoms with van der Waals surface area (Å²) < 4.78 is 41.3. The standard InChI is InChI=1S/C15H10ClF3O3/c16-12-6-5-9(7-10(12)8-14(20)21)11-3-1-2-4-13(11)22-15(17,18)19/h1-7H,8H2,(H,20,21). The van der Waals surface area contributed by atoms with E-state index < -0.39 is 12.3 Å². The fourth-order valence-corrected chi connectivity index (χ4v) is 2.14. The molecule has 0 unspecified atom stereocenters. The van der Waals surface area contributed by atoms with Gasteiger partial charge in [-0.05, 0) is 29.3 Å². The van der Waals surface area contributed by atoms with Crippen molar-refractivity contribution in [3.05, 3.63) is 53.1 Å². The van der Waals surface area contributed by atoms with E-state index in [0.29, 0.717) is 11.1 Å². The Kier molecular flexibility index (Phi) is 4.61. The highest BCUT2D eigenvalue weighted by atomic mass is 35.5. The summed E-state index contributed by atoms with van der Waals surface area (Å²) in [6.45, 7) is 0. The molecule has 2 rings (SSSR count). The first-order chi connectivity index (χ1) is 10.3. The Morgan fingerprint density at radius 1 is 1.18 bits per heavy atom. The fourth-order valence-electron chi connectivity index (χ4n) is 1.96. The van der Waals surface area contributed by atoms with Gasteiger partial charge in [0.15, 0.2) is 0 Å². The molecule has 0 saturated heterocycles. The number of carboxylic acids is 1. The zero-order valence-corrected chi connectivity index (χ0v) is 11.8. The number of aliphatic carboxylic acids is 1. The van der Waals surface area contributed by atoms with Crippen LogP contribution in [0.1, 0.15) is 5.56 Å². The molecule has 0 fully saturated rings. The first-order valence-corrected chi connectivity index (χ1v) is 6.49. The monoisotopic (exact) mass is 330 g/mol. The van der Waals surface area contributed by atoms with Crippen LogP contribution >= 0.6 is 11.6 Å². The molecule has 0 amide bonds. The molecule has 3 nitrogen and oxygen atoms in total. The molecule has 0 saturated carbocycles. The molecule has 0 aromatic heterocycles. The summed E-state index contributed by atoms with van der Waals surface area (Å²) in [6, 6.07) is 10.0. The zero-order valence-electron chi connectivity index (χ0n) is 11.0. The summed E-state index contributed by atoms with van der Waals surface area (Å²) in [6.07, 6.45) is -5.14. The van der Waals surface area contributed by atoms with Gasteiger partial charge in [-0.15, -0.1) is 13.2 Å². The molecule has 1 N–H and O–H groups in total. The lowest BCUT2D eigenvalue weighted by atomic mass is 10.0. The number of alkyl halides is 3. The van der Waals surface area contributed by atoms with Crippen LogP contribution in [0, 0.1) is 0 Å². The molecule has 116 valence electrons. The first kappa shape index (κ1) is 16.2. The van der Waals surface area contributed by atoms with Gasteiger partial charge >= 0.3 is 12.3 Å². The molecular formula is C15H10ClF3O3. The highest BCUT2D eigenvalue weighted by molar-refractivity contribution is 6.31. The first-order valence-electron chi connectivity index (χ1n) is 6.11. The summed E-state index contributed by atoms with van der Waals surface area (Å²) in [5.41, 5.74) is 0.900. The second kappa shape index (κ2) is 6.27. The van der Waals surface area contributed by atoms with Gasteiger partial charge in [0.25, 0.3) is 0 Å². The molecule has 0 aliphatic rings. The van der Waals surface area contributed by atoms with Gasteiger partial charge in [-0.3, -0.25) is 4.79 Å². The fraction of sp³-hybridized carbons (Fsp3) is 0.133. The Bertz CT molecular complexity index is 699. The van der Waals surface area contributed by atoms with Crippen LogP contribution < -0.4 is 4.74 Å². The minimum Gasteiger partial charge on any atom is -0.481 e. The Hall–Kier alpha value is -2.21. The van der Waals surface area contributed by atoms with E-state index in [1.54, 1.807) is 6.07 Å². The van der Waals surface area contributed by atoms with E-state index in [0.717, 1.165) is 0 Å². The number of para-hydroxylation sites is 1. The maximum absolute atomic E-state index is 12.4. The quantitative estimate of drug-likeness (QED) is 0.895. The van der Waals surface area contributed by atoms with Crippen LogP contribution in [0.4, 0.5) is 13.2 Å². The number of carboxylic acid groups (broad SMARTS) is 1. The van der Waals surface area contributed by atoms with Gasteiger partial charge in [-0.1, -0.05) is 35.9 Å². The van der Waals surface area contributed by atoms with Crippen LogP contribution in [0.2, 0.25) is 5.02 Å². The van der Waals surface area contributed by atoms with Crippen molar-refractivity contribution in [2.75, 3.05) is 0 Å². The molecular weight excluding hydrogens is 321 g/mol. The van der Waals surface area contributed by atoms with Crippen molar-refractivity contribution in [2.45, 2.75) is 12.8 Å². The molecule has 0 spiro atoms. The van der Waals surface area contributed by atoms with Crippen LogP contribution in [0.25, 0.3) is 11.1 Å². The molecule has 0 atom stereocenters. The summed E-state index contributed by atoms with van der Waals surface area (Å²) in [4.78, 5) is 10.8. The van der Waals surface area contributed by atoms with Crippen LogP contribution in [-0.2, 0) is 11.2 Å².